The Bertz CT molecular complexity index is 817. The van der Waals surface area contributed by atoms with Gasteiger partial charge in [-0.15, -0.1) is 0 Å². The van der Waals surface area contributed by atoms with Crippen LogP contribution in [-0.4, -0.2) is 22.9 Å². The highest BCUT2D eigenvalue weighted by molar-refractivity contribution is 9.10. The molecule has 0 aliphatic rings. The Labute approximate surface area is 157 Å². The number of esters is 1. The van der Waals surface area contributed by atoms with Gasteiger partial charge in [0.1, 0.15) is 0 Å². The number of nitrogens with zero attached hydrogens (tertiary/aromatic N) is 1. The summed E-state index contributed by atoms with van der Waals surface area (Å²) in [5.74, 6) is -1.17. The number of hydrogen-bond donors (Lipinski definition) is 1. The van der Waals surface area contributed by atoms with Crippen molar-refractivity contribution in [1.29, 1.82) is 0 Å². The van der Waals surface area contributed by atoms with Crippen LogP contribution in [0.5, 0.6) is 0 Å². The van der Waals surface area contributed by atoms with Crippen molar-refractivity contribution in [3.05, 3.63) is 62.5 Å². The summed E-state index contributed by atoms with van der Waals surface area (Å²) >= 11 is 3.10. The zero-order valence-electron chi connectivity index (χ0n) is 14.1. The maximum Gasteiger partial charge on any atom is 0.308 e. The summed E-state index contributed by atoms with van der Waals surface area (Å²) in [6.07, 6.45) is -0.595. The molecule has 0 spiro atoms. The molecule has 1 aromatic carbocycles. The minimum absolute atomic E-state index is 0.0117. The number of para-hydroxylation sites is 1. The molecule has 9 heteroatoms. The van der Waals surface area contributed by atoms with Crippen LogP contribution in [0.1, 0.15) is 42.4 Å². The van der Waals surface area contributed by atoms with Crippen LogP contribution in [0.3, 0.4) is 0 Å². The summed E-state index contributed by atoms with van der Waals surface area (Å²) in [5, 5.41) is 13.9. The van der Waals surface area contributed by atoms with Crippen molar-refractivity contribution in [3.8, 4) is 0 Å². The molecule has 1 N–H and O–H groups in total. The smallest absolute Gasteiger partial charge is 0.308 e. The van der Waals surface area contributed by atoms with Crippen LogP contribution < -0.4 is 5.32 Å². The number of nitrogens with one attached hydrogen (secondary N) is 1. The van der Waals surface area contributed by atoms with Crippen molar-refractivity contribution < 1.29 is 23.7 Å². The molecule has 2 aromatic rings. The molecule has 1 amide bonds. The number of ether oxygens (including phenoxy) is 1. The lowest BCUT2D eigenvalue weighted by molar-refractivity contribution is -0.385. The SMILES string of the molecule is CC(C)OC(=O)CC(NC(=O)c1ccc(Br)o1)c1ccccc1[N+](=O)[O-]. The van der Waals surface area contributed by atoms with Gasteiger partial charge >= 0.3 is 5.97 Å². The molecule has 1 unspecified atom stereocenters. The number of halogens is 1. The minimum atomic E-state index is -0.945. The third kappa shape index (κ3) is 5.16. The molecule has 26 heavy (non-hydrogen) atoms. The van der Waals surface area contributed by atoms with Gasteiger partial charge in [-0.2, -0.15) is 0 Å². The Hall–Kier alpha value is -2.68. The Morgan fingerprint density at radius 3 is 2.54 bits per heavy atom. The number of rotatable bonds is 7. The van der Waals surface area contributed by atoms with Crippen LogP contribution in [0.2, 0.25) is 0 Å². The molecule has 2 rings (SSSR count). The number of carbonyl (C=O) groups excluding carboxylic acids is 2. The number of amides is 1. The van der Waals surface area contributed by atoms with Crippen molar-refractivity contribution in [1.82, 2.24) is 5.32 Å². The molecule has 1 atom stereocenters. The summed E-state index contributed by atoms with van der Waals surface area (Å²) < 4.78 is 10.7. The predicted molar refractivity (Wildman–Crippen MR) is 95.6 cm³/mol. The lowest BCUT2D eigenvalue weighted by Gasteiger charge is -2.19. The van der Waals surface area contributed by atoms with Gasteiger partial charge in [0.2, 0.25) is 0 Å². The van der Waals surface area contributed by atoms with Gasteiger partial charge in [0.15, 0.2) is 10.4 Å². The molecule has 0 fully saturated rings. The van der Waals surface area contributed by atoms with Crippen molar-refractivity contribution in [2.45, 2.75) is 32.4 Å². The monoisotopic (exact) mass is 424 g/mol. The zero-order chi connectivity index (χ0) is 19.3. The number of nitro groups is 1. The summed E-state index contributed by atoms with van der Waals surface area (Å²) in [6, 6.07) is 7.95. The van der Waals surface area contributed by atoms with Crippen LogP contribution in [0, 0.1) is 10.1 Å². The van der Waals surface area contributed by atoms with Crippen molar-refractivity contribution in [2.24, 2.45) is 0 Å². The molecule has 1 aromatic heterocycles. The van der Waals surface area contributed by atoms with Gasteiger partial charge in [0, 0.05) is 6.07 Å². The predicted octanol–water partition coefficient (Wildman–Crippen LogP) is 3.76. The second-order valence-electron chi connectivity index (χ2n) is 5.69. The molecule has 0 aliphatic carbocycles. The van der Waals surface area contributed by atoms with Crippen molar-refractivity contribution in [3.63, 3.8) is 0 Å². The van der Waals surface area contributed by atoms with Crippen molar-refractivity contribution >= 4 is 33.5 Å². The average Bonchev–Trinajstić information content (AvgIpc) is 3.00. The first-order valence-electron chi connectivity index (χ1n) is 7.77. The van der Waals surface area contributed by atoms with Gasteiger partial charge < -0.3 is 14.5 Å². The molecule has 0 radical (unpaired) electrons. The first kappa shape index (κ1) is 19.6. The average molecular weight is 425 g/mol. The van der Waals surface area contributed by atoms with E-state index in [-0.39, 0.29) is 29.5 Å². The molecule has 8 nitrogen and oxygen atoms in total. The largest absolute Gasteiger partial charge is 0.463 e. The second-order valence-corrected chi connectivity index (χ2v) is 6.47. The first-order chi connectivity index (χ1) is 12.3. The summed E-state index contributed by atoms with van der Waals surface area (Å²) in [6.45, 7) is 3.38. The van der Waals surface area contributed by atoms with E-state index in [0.717, 1.165) is 0 Å². The topological polar surface area (TPSA) is 112 Å². The van der Waals surface area contributed by atoms with Crippen molar-refractivity contribution in [2.75, 3.05) is 0 Å². The number of hydrogen-bond acceptors (Lipinski definition) is 6. The highest BCUT2D eigenvalue weighted by atomic mass is 79.9. The van der Waals surface area contributed by atoms with Gasteiger partial charge in [-0.3, -0.25) is 19.7 Å². The van der Waals surface area contributed by atoms with Crippen LogP contribution in [0.25, 0.3) is 0 Å². The Morgan fingerprint density at radius 2 is 1.96 bits per heavy atom. The van der Waals surface area contributed by atoms with E-state index in [4.69, 9.17) is 9.15 Å². The van der Waals surface area contributed by atoms with Gasteiger partial charge in [-0.25, -0.2) is 0 Å². The molecule has 138 valence electrons. The molecular weight excluding hydrogens is 408 g/mol. The highest BCUT2D eigenvalue weighted by Gasteiger charge is 2.27. The zero-order valence-corrected chi connectivity index (χ0v) is 15.7. The van der Waals surface area contributed by atoms with E-state index in [0.29, 0.717) is 4.67 Å². The minimum Gasteiger partial charge on any atom is -0.463 e. The summed E-state index contributed by atoms with van der Waals surface area (Å²) in [4.78, 5) is 35.2. The van der Waals surface area contributed by atoms with E-state index < -0.39 is 22.8 Å². The van der Waals surface area contributed by atoms with Crippen LogP contribution in [0.15, 0.2) is 45.5 Å². The number of nitro benzene ring substituents is 1. The van der Waals surface area contributed by atoms with Gasteiger partial charge in [-0.1, -0.05) is 18.2 Å². The molecule has 1 heterocycles. The Morgan fingerprint density at radius 1 is 1.27 bits per heavy atom. The van der Waals surface area contributed by atoms with E-state index >= 15 is 0 Å². The van der Waals surface area contributed by atoms with Crippen LogP contribution in [-0.2, 0) is 9.53 Å². The molecule has 0 bridgehead atoms. The van der Waals surface area contributed by atoms with E-state index in [1.165, 1.54) is 24.3 Å². The summed E-state index contributed by atoms with van der Waals surface area (Å²) in [5.41, 5.74) is 0.00736. The Kier molecular flexibility index (Phi) is 6.51. The number of carbonyl (C=O) groups is 2. The van der Waals surface area contributed by atoms with E-state index in [1.807, 2.05) is 0 Å². The fourth-order valence-electron chi connectivity index (χ4n) is 2.33. The normalized spacial score (nSPS) is 11.8. The number of benzene rings is 1. The van der Waals surface area contributed by atoms with E-state index in [2.05, 4.69) is 21.2 Å². The molecule has 0 saturated carbocycles. The first-order valence-corrected chi connectivity index (χ1v) is 8.56. The summed E-state index contributed by atoms with van der Waals surface area (Å²) in [7, 11) is 0. The Balaban J connectivity index is 2.31. The van der Waals surface area contributed by atoms with Crippen LogP contribution in [0.4, 0.5) is 5.69 Å². The fourth-order valence-corrected chi connectivity index (χ4v) is 2.64. The highest BCUT2D eigenvalue weighted by Crippen LogP contribution is 2.28. The lowest BCUT2D eigenvalue weighted by atomic mass is 10.0. The fraction of sp³-hybridized carbons (Fsp3) is 0.294. The van der Waals surface area contributed by atoms with Gasteiger partial charge in [0.25, 0.3) is 11.6 Å². The van der Waals surface area contributed by atoms with Gasteiger partial charge in [0.05, 0.1) is 29.1 Å². The van der Waals surface area contributed by atoms with E-state index in [1.54, 1.807) is 26.0 Å². The molecule has 0 aliphatic heterocycles. The van der Waals surface area contributed by atoms with Gasteiger partial charge in [-0.05, 0) is 41.9 Å². The number of furan rings is 1. The standard InChI is InChI=1S/C17H17BrN2O6/c1-10(2)25-16(21)9-12(11-5-3-4-6-13(11)20(23)24)19-17(22)14-7-8-15(18)26-14/h3-8,10,12H,9H2,1-2H3,(H,19,22). The maximum absolute atomic E-state index is 12.4. The third-order valence-corrected chi connectivity index (χ3v) is 3.78. The quantitative estimate of drug-likeness (QED) is 0.411. The maximum atomic E-state index is 12.4. The van der Waals surface area contributed by atoms with E-state index in [9.17, 15) is 19.7 Å². The lowest BCUT2D eigenvalue weighted by Crippen LogP contribution is -2.31. The third-order valence-electron chi connectivity index (χ3n) is 3.35. The molecule has 0 saturated heterocycles. The van der Waals surface area contributed by atoms with Crippen LogP contribution >= 0.6 is 15.9 Å². The second kappa shape index (κ2) is 8.61. The molecular formula is C17H17BrN2O6.